The highest BCUT2D eigenvalue weighted by atomic mass is 15.2. The van der Waals surface area contributed by atoms with Gasteiger partial charge in [-0.3, -0.25) is 0 Å². The van der Waals surface area contributed by atoms with Gasteiger partial charge in [0.1, 0.15) is 5.69 Å². The van der Waals surface area contributed by atoms with Crippen molar-refractivity contribution in [1.29, 1.82) is 0 Å². The molecule has 0 amide bonds. The highest BCUT2D eigenvalue weighted by Gasteiger charge is 2.19. The second-order valence-electron chi connectivity index (χ2n) is 5.33. The molecule has 2 rings (SSSR count). The smallest absolute Gasteiger partial charge is 0.154 e. The van der Waals surface area contributed by atoms with Gasteiger partial charge in [0.05, 0.1) is 11.2 Å². The Balaban J connectivity index is 2.91. The van der Waals surface area contributed by atoms with Crippen LogP contribution in [0.25, 0.3) is 10.9 Å². The molecule has 0 bridgehead atoms. The first-order chi connectivity index (χ1) is 8.93. The molecule has 0 atom stereocenters. The summed E-state index contributed by atoms with van der Waals surface area (Å²) in [5, 5.41) is 1.18. The number of aromatic nitrogens is 1. The van der Waals surface area contributed by atoms with Crippen LogP contribution in [-0.4, -0.2) is 47.3 Å². The zero-order valence-corrected chi connectivity index (χ0v) is 12.6. The van der Waals surface area contributed by atoms with E-state index in [0.29, 0.717) is 0 Å². The maximum absolute atomic E-state index is 4.80. The Morgan fingerprint density at radius 3 is 1.84 bits per heavy atom. The molecule has 0 unspecified atom stereocenters. The molecule has 4 nitrogen and oxygen atoms in total. The van der Waals surface area contributed by atoms with Crippen LogP contribution in [0, 0.1) is 0 Å². The van der Waals surface area contributed by atoms with Gasteiger partial charge >= 0.3 is 0 Å². The Hall–Kier alpha value is -1.97. The molecule has 0 aliphatic carbocycles. The summed E-state index contributed by atoms with van der Waals surface area (Å²) in [4.78, 5) is 11.1. The van der Waals surface area contributed by atoms with E-state index >= 15 is 0 Å². The highest BCUT2D eigenvalue weighted by Crippen LogP contribution is 2.40. The monoisotopic (exact) mass is 258 g/mol. The maximum Gasteiger partial charge on any atom is 0.154 e. The fourth-order valence-corrected chi connectivity index (χ4v) is 2.35. The van der Waals surface area contributed by atoms with Gasteiger partial charge in [-0.15, -0.1) is 0 Å². The SMILES string of the molecule is CN(C)c1nc2ccccc2c(N(C)C)c1N(C)C. The standard InChI is InChI=1S/C15H22N4/c1-17(2)13-11-9-7-8-10-12(11)16-15(19(5)6)14(13)18(3)4/h7-10H,1-6H3. The molecule has 4 heteroatoms. The fourth-order valence-electron chi connectivity index (χ4n) is 2.35. The first-order valence-electron chi connectivity index (χ1n) is 6.38. The van der Waals surface area contributed by atoms with Gasteiger partial charge in [-0.05, 0) is 6.07 Å². The zero-order valence-electron chi connectivity index (χ0n) is 12.6. The second-order valence-corrected chi connectivity index (χ2v) is 5.33. The number of rotatable bonds is 3. The van der Waals surface area contributed by atoms with Crippen LogP contribution in [0.5, 0.6) is 0 Å². The Bertz CT molecular complexity index is 588. The van der Waals surface area contributed by atoms with Crippen molar-refractivity contribution in [3.05, 3.63) is 24.3 Å². The minimum atomic E-state index is 0.993. The van der Waals surface area contributed by atoms with E-state index in [2.05, 4.69) is 61.1 Å². The Morgan fingerprint density at radius 2 is 1.32 bits per heavy atom. The lowest BCUT2D eigenvalue weighted by Crippen LogP contribution is -2.22. The minimum Gasteiger partial charge on any atom is -0.375 e. The van der Waals surface area contributed by atoms with E-state index in [1.165, 1.54) is 11.1 Å². The highest BCUT2D eigenvalue weighted by molar-refractivity contribution is 6.02. The molecule has 102 valence electrons. The van der Waals surface area contributed by atoms with Crippen LogP contribution in [0.1, 0.15) is 0 Å². The summed E-state index contributed by atoms with van der Waals surface area (Å²) in [5.74, 6) is 0.993. The van der Waals surface area contributed by atoms with E-state index in [1.807, 2.05) is 20.2 Å². The number of nitrogens with zero attached hydrogens (tertiary/aromatic N) is 4. The van der Waals surface area contributed by atoms with Gasteiger partial charge in [0.25, 0.3) is 0 Å². The Kier molecular flexibility index (Phi) is 3.51. The molecule has 0 saturated heterocycles. The molecule has 0 spiro atoms. The van der Waals surface area contributed by atoms with Crippen molar-refractivity contribution in [1.82, 2.24) is 4.98 Å². The van der Waals surface area contributed by atoms with Gasteiger partial charge in [0.2, 0.25) is 0 Å². The molecule has 1 aromatic carbocycles. The number of para-hydroxylation sites is 1. The third-order valence-electron chi connectivity index (χ3n) is 3.14. The van der Waals surface area contributed by atoms with Crippen LogP contribution >= 0.6 is 0 Å². The Labute approximate surface area is 115 Å². The van der Waals surface area contributed by atoms with Gasteiger partial charge in [0.15, 0.2) is 5.82 Å². The molecule has 2 aromatic rings. The number of fused-ring (bicyclic) bond motifs is 1. The zero-order chi connectivity index (χ0) is 14.2. The van der Waals surface area contributed by atoms with E-state index in [4.69, 9.17) is 4.98 Å². The number of anilines is 3. The maximum atomic E-state index is 4.80. The summed E-state index contributed by atoms with van der Waals surface area (Å²) in [6, 6.07) is 8.29. The van der Waals surface area contributed by atoms with Crippen LogP contribution in [0.2, 0.25) is 0 Å². The summed E-state index contributed by atoms with van der Waals surface area (Å²) in [5.41, 5.74) is 3.38. The van der Waals surface area contributed by atoms with Gasteiger partial charge in [0, 0.05) is 47.7 Å². The largest absolute Gasteiger partial charge is 0.375 e. The first kappa shape index (κ1) is 13.5. The number of pyridine rings is 1. The number of hydrogen-bond donors (Lipinski definition) is 0. The predicted molar refractivity (Wildman–Crippen MR) is 84.7 cm³/mol. The molecule has 0 radical (unpaired) electrons. The Morgan fingerprint density at radius 1 is 0.737 bits per heavy atom. The summed E-state index contributed by atoms with van der Waals surface area (Å²) in [6.45, 7) is 0. The summed E-state index contributed by atoms with van der Waals surface area (Å²) < 4.78 is 0. The third kappa shape index (κ3) is 2.30. The molecule has 0 aliphatic rings. The van der Waals surface area contributed by atoms with Crippen LogP contribution in [0.4, 0.5) is 17.2 Å². The molecule has 1 aromatic heterocycles. The van der Waals surface area contributed by atoms with Gasteiger partial charge in [-0.25, -0.2) is 4.98 Å². The van der Waals surface area contributed by atoms with Crippen molar-refractivity contribution in [2.24, 2.45) is 0 Å². The quantitative estimate of drug-likeness (QED) is 0.843. The van der Waals surface area contributed by atoms with Crippen molar-refractivity contribution < 1.29 is 0 Å². The molecule has 0 N–H and O–H groups in total. The summed E-state index contributed by atoms with van der Waals surface area (Å²) in [7, 11) is 12.3. The fraction of sp³-hybridized carbons (Fsp3) is 0.400. The molecule has 1 heterocycles. The van der Waals surface area contributed by atoms with Crippen LogP contribution in [-0.2, 0) is 0 Å². The molecular weight excluding hydrogens is 236 g/mol. The van der Waals surface area contributed by atoms with E-state index < -0.39 is 0 Å². The molecule has 0 saturated carbocycles. The van der Waals surface area contributed by atoms with Gasteiger partial charge in [-0.2, -0.15) is 0 Å². The topological polar surface area (TPSA) is 22.6 Å². The summed E-state index contributed by atoms with van der Waals surface area (Å²) in [6.07, 6.45) is 0. The molecule has 0 fully saturated rings. The normalized spacial score (nSPS) is 10.6. The summed E-state index contributed by atoms with van der Waals surface area (Å²) >= 11 is 0. The van der Waals surface area contributed by atoms with E-state index in [0.717, 1.165) is 17.0 Å². The van der Waals surface area contributed by atoms with Crippen molar-refractivity contribution in [2.75, 3.05) is 57.0 Å². The molecule has 19 heavy (non-hydrogen) atoms. The number of hydrogen-bond acceptors (Lipinski definition) is 4. The van der Waals surface area contributed by atoms with Crippen LogP contribution < -0.4 is 14.7 Å². The van der Waals surface area contributed by atoms with Crippen LogP contribution in [0.15, 0.2) is 24.3 Å². The predicted octanol–water partition coefficient (Wildman–Crippen LogP) is 2.43. The van der Waals surface area contributed by atoms with Crippen molar-refractivity contribution in [2.45, 2.75) is 0 Å². The van der Waals surface area contributed by atoms with E-state index in [1.54, 1.807) is 0 Å². The van der Waals surface area contributed by atoms with E-state index in [9.17, 15) is 0 Å². The van der Waals surface area contributed by atoms with Crippen LogP contribution in [0.3, 0.4) is 0 Å². The first-order valence-corrected chi connectivity index (χ1v) is 6.38. The van der Waals surface area contributed by atoms with Crippen molar-refractivity contribution in [3.8, 4) is 0 Å². The lowest BCUT2D eigenvalue weighted by atomic mass is 10.1. The lowest BCUT2D eigenvalue weighted by molar-refractivity contribution is 1.02. The van der Waals surface area contributed by atoms with Crippen molar-refractivity contribution in [3.63, 3.8) is 0 Å². The molecule has 0 aliphatic heterocycles. The second kappa shape index (κ2) is 4.96. The molecular formula is C15H22N4. The van der Waals surface area contributed by atoms with Gasteiger partial charge < -0.3 is 14.7 Å². The minimum absolute atomic E-state index is 0.993. The average molecular weight is 258 g/mol. The van der Waals surface area contributed by atoms with E-state index in [-0.39, 0.29) is 0 Å². The number of benzene rings is 1. The van der Waals surface area contributed by atoms with Gasteiger partial charge in [-0.1, -0.05) is 18.2 Å². The van der Waals surface area contributed by atoms with Crippen molar-refractivity contribution >= 4 is 28.1 Å². The lowest BCUT2D eigenvalue weighted by Gasteiger charge is -2.28. The average Bonchev–Trinajstić information content (AvgIpc) is 2.35. The third-order valence-corrected chi connectivity index (χ3v) is 3.14.